The van der Waals surface area contributed by atoms with E-state index < -0.39 is 5.91 Å². The van der Waals surface area contributed by atoms with Crippen molar-refractivity contribution < 1.29 is 14.6 Å². The second-order valence-corrected chi connectivity index (χ2v) is 8.61. The van der Waals surface area contributed by atoms with Gasteiger partial charge in [-0.2, -0.15) is 0 Å². The number of methoxy groups -OCH3 is 1. The fourth-order valence-electron chi connectivity index (χ4n) is 3.89. The van der Waals surface area contributed by atoms with Crippen LogP contribution in [0, 0.1) is 0 Å². The fraction of sp³-hybridized carbons (Fsp3) is 0.0769. The molecule has 0 atom stereocenters. The quantitative estimate of drug-likeness (QED) is 0.267. The Morgan fingerprint density at radius 3 is 2.56 bits per heavy atom. The van der Waals surface area contributed by atoms with Crippen LogP contribution >= 0.6 is 15.9 Å². The number of amides is 1. The number of para-hydroxylation sites is 1. The van der Waals surface area contributed by atoms with Crippen LogP contribution in [0.3, 0.4) is 0 Å². The van der Waals surface area contributed by atoms with E-state index in [2.05, 4.69) is 26.2 Å². The molecule has 0 saturated heterocycles. The van der Waals surface area contributed by atoms with E-state index in [0.717, 1.165) is 15.6 Å². The van der Waals surface area contributed by atoms with Gasteiger partial charge in [0.05, 0.1) is 29.4 Å². The summed E-state index contributed by atoms with van der Waals surface area (Å²) in [6.07, 6.45) is 0. The molecule has 0 radical (unpaired) electrons. The third-order valence-corrected chi connectivity index (χ3v) is 6.21. The summed E-state index contributed by atoms with van der Waals surface area (Å²) in [4.78, 5) is 18.0. The van der Waals surface area contributed by atoms with Crippen molar-refractivity contribution in [1.29, 1.82) is 0 Å². The Kier molecular flexibility index (Phi) is 5.59. The van der Waals surface area contributed by atoms with Crippen LogP contribution in [0.4, 0.5) is 5.69 Å². The Balaban J connectivity index is 1.60. The predicted molar refractivity (Wildman–Crippen MR) is 135 cm³/mol. The van der Waals surface area contributed by atoms with Gasteiger partial charge in [0.1, 0.15) is 5.75 Å². The lowest BCUT2D eigenvalue weighted by Gasteiger charge is -2.07. The molecule has 34 heavy (non-hydrogen) atoms. The van der Waals surface area contributed by atoms with Gasteiger partial charge in [-0.25, -0.2) is 4.98 Å². The molecule has 168 valence electrons. The van der Waals surface area contributed by atoms with E-state index in [-0.39, 0.29) is 11.6 Å². The lowest BCUT2D eigenvalue weighted by Crippen LogP contribution is -1.99. The Labute approximate surface area is 203 Å². The molecular weight excluding hydrogens is 496 g/mol. The fourth-order valence-corrected chi connectivity index (χ4v) is 4.15. The first-order valence-electron chi connectivity index (χ1n) is 10.4. The first-order valence-corrected chi connectivity index (χ1v) is 11.2. The highest BCUT2D eigenvalue weighted by atomic mass is 79.9. The van der Waals surface area contributed by atoms with E-state index >= 15 is 0 Å². The number of ether oxygens (including phenoxy) is 1. The van der Waals surface area contributed by atoms with Crippen LogP contribution in [0.25, 0.3) is 33.1 Å². The maximum absolute atomic E-state index is 13.2. The van der Waals surface area contributed by atoms with Gasteiger partial charge >= 0.3 is 0 Å². The summed E-state index contributed by atoms with van der Waals surface area (Å²) in [5.74, 6) is -0.00801. The van der Waals surface area contributed by atoms with Crippen LogP contribution < -0.4 is 4.74 Å². The number of pyridine rings is 1. The maximum atomic E-state index is 13.2. The number of azo groups is 1. The monoisotopic (exact) mass is 514 g/mol. The molecular formula is C26H19BrN4O3. The van der Waals surface area contributed by atoms with Gasteiger partial charge in [-0.15, -0.1) is 10.2 Å². The number of aryl methyl sites for hydroxylation is 1. The van der Waals surface area contributed by atoms with E-state index in [1.807, 2.05) is 54.6 Å². The molecule has 0 spiro atoms. The molecule has 0 fully saturated rings. The topological polar surface area (TPSA) is 89.1 Å². The van der Waals surface area contributed by atoms with Crippen LogP contribution in [0.2, 0.25) is 0 Å². The number of aromatic hydroxyl groups is 1. The van der Waals surface area contributed by atoms with E-state index in [1.54, 1.807) is 36.9 Å². The Hall–Kier alpha value is -4.04. The van der Waals surface area contributed by atoms with Crippen LogP contribution in [0.15, 0.2) is 87.5 Å². The molecule has 7 nitrogen and oxygen atoms in total. The van der Waals surface area contributed by atoms with Crippen molar-refractivity contribution in [2.75, 3.05) is 7.11 Å². The van der Waals surface area contributed by atoms with Gasteiger partial charge in [-0.05, 0) is 42.5 Å². The number of carbonyl (C=O) groups is 1. The summed E-state index contributed by atoms with van der Waals surface area (Å²) in [7, 11) is 3.28. The number of rotatable bonds is 4. The average Bonchev–Trinajstić information content (AvgIpc) is 3.10. The standard InChI is InChI=1S/C26H19BrN4O3/c1-31-23-12-11-17(34-2)13-20(23)24(26(31)33)29-30-25(32)19-14-22(15-7-9-16(27)10-8-15)28-21-6-4-3-5-18(19)21/h3-14,33H,1-2H3. The number of benzene rings is 3. The molecule has 0 aliphatic carbocycles. The normalized spacial score (nSPS) is 11.5. The molecule has 0 aliphatic heterocycles. The highest BCUT2D eigenvalue weighted by Crippen LogP contribution is 2.39. The first-order chi connectivity index (χ1) is 16.5. The third kappa shape index (κ3) is 3.82. The van der Waals surface area contributed by atoms with Gasteiger partial charge in [0.15, 0.2) is 5.69 Å². The average molecular weight is 515 g/mol. The van der Waals surface area contributed by atoms with Crippen molar-refractivity contribution >= 4 is 49.3 Å². The summed E-state index contributed by atoms with van der Waals surface area (Å²) in [5, 5.41) is 20.0. The van der Waals surface area contributed by atoms with Crippen molar-refractivity contribution in [2.45, 2.75) is 0 Å². The molecule has 1 amide bonds. The van der Waals surface area contributed by atoms with Gasteiger partial charge in [0.25, 0.3) is 5.91 Å². The number of hydrogen-bond donors (Lipinski definition) is 1. The molecule has 2 heterocycles. The number of aromatic nitrogens is 2. The smallest absolute Gasteiger partial charge is 0.296 e. The second kappa shape index (κ2) is 8.72. The number of fused-ring (bicyclic) bond motifs is 2. The molecule has 8 heteroatoms. The highest BCUT2D eigenvalue weighted by molar-refractivity contribution is 9.10. The van der Waals surface area contributed by atoms with Crippen LogP contribution in [-0.2, 0) is 7.05 Å². The molecule has 0 aliphatic rings. The van der Waals surface area contributed by atoms with E-state index in [1.165, 1.54) is 0 Å². The van der Waals surface area contributed by atoms with Gasteiger partial charge in [-0.1, -0.05) is 46.3 Å². The number of halogens is 1. The summed E-state index contributed by atoms with van der Waals surface area (Å²) in [6.45, 7) is 0. The summed E-state index contributed by atoms with van der Waals surface area (Å²) >= 11 is 3.44. The Bertz CT molecular complexity index is 1590. The zero-order chi connectivity index (χ0) is 23.8. The van der Waals surface area contributed by atoms with Crippen LogP contribution in [0.1, 0.15) is 10.4 Å². The molecule has 2 aromatic heterocycles. The Morgan fingerprint density at radius 2 is 1.79 bits per heavy atom. The Morgan fingerprint density at radius 1 is 1.03 bits per heavy atom. The number of nitrogens with zero attached hydrogens (tertiary/aromatic N) is 4. The van der Waals surface area contributed by atoms with E-state index in [9.17, 15) is 9.90 Å². The van der Waals surface area contributed by atoms with E-state index in [0.29, 0.717) is 33.3 Å². The minimum atomic E-state index is -0.531. The van der Waals surface area contributed by atoms with Gasteiger partial charge < -0.3 is 14.4 Å². The zero-order valence-corrected chi connectivity index (χ0v) is 19.9. The number of carbonyl (C=O) groups excluding carboxylic acids is 1. The summed E-state index contributed by atoms with van der Waals surface area (Å²) < 4.78 is 7.83. The molecule has 1 N–H and O–H groups in total. The SMILES string of the molecule is COc1ccc2c(c1)c(N=NC(=O)c1cc(-c3ccc(Br)cc3)nc3ccccc13)c(O)n2C. The van der Waals surface area contributed by atoms with E-state index in [4.69, 9.17) is 9.72 Å². The largest absolute Gasteiger partial charge is 0.497 e. The summed E-state index contributed by atoms with van der Waals surface area (Å²) in [6, 6.07) is 22.2. The molecule has 3 aromatic carbocycles. The van der Waals surface area contributed by atoms with Gasteiger partial charge in [0, 0.05) is 27.9 Å². The van der Waals surface area contributed by atoms with Crippen molar-refractivity contribution in [3.05, 3.63) is 82.8 Å². The zero-order valence-electron chi connectivity index (χ0n) is 18.4. The predicted octanol–water partition coefficient (Wildman–Crippen LogP) is 6.79. The van der Waals surface area contributed by atoms with Gasteiger partial charge in [0.2, 0.25) is 5.88 Å². The lowest BCUT2D eigenvalue weighted by atomic mass is 10.0. The minimum absolute atomic E-state index is 0.0880. The minimum Gasteiger partial charge on any atom is -0.497 e. The van der Waals surface area contributed by atoms with Crippen molar-refractivity contribution in [3.8, 4) is 22.9 Å². The molecule has 0 unspecified atom stereocenters. The highest BCUT2D eigenvalue weighted by Gasteiger charge is 2.17. The molecule has 5 aromatic rings. The van der Waals surface area contributed by atoms with Crippen LogP contribution in [-0.4, -0.2) is 27.7 Å². The third-order valence-electron chi connectivity index (χ3n) is 5.68. The van der Waals surface area contributed by atoms with Crippen molar-refractivity contribution in [3.63, 3.8) is 0 Å². The maximum Gasteiger partial charge on any atom is 0.296 e. The summed E-state index contributed by atoms with van der Waals surface area (Å²) in [5.41, 5.74) is 3.54. The van der Waals surface area contributed by atoms with Crippen molar-refractivity contribution in [2.24, 2.45) is 17.3 Å². The first kappa shape index (κ1) is 21.8. The van der Waals surface area contributed by atoms with Crippen molar-refractivity contribution in [1.82, 2.24) is 9.55 Å². The lowest BCUT2D eigenvalue weighted by molar-refractivity contribution is 0.0996. The molecule has 0 bridgehead atoms. The van der Waals surface area contributed by atoms with Crippen LogP contribution in [0.5, 0.6) is 11.6 Å². The molecule has 0 saturated carbocycles. The number of hydrogen-bond acceptors (Lipinski definition) is 5. The molecule has 5 rings (SSSR count). The second-order valence-electron chi connectivity index (χ2n) is 7.70. The van der Waals surface area contributed by atoms with Gasteiger partial charge in [-0.3, -0.25) is 4.79 Å².